The Balaban J connectivity index is 1.32. The Labute approximate surface area is 213 Å². The highest BCUT2D eigenvalue weighted by molar-refractivity contribution is 7.99. The van der Waals surface area contributed by atoms with Gasteiger partial charge >= 0.3 is 0 Å². The van der Waals surface area contributed by atoms with Crippen molar-refractivity contribution in [2.75, 3.05) is 4.90 Å². The van der Waals surface area contributed by atoms with Crippen molar-refractivity contribution in [3.63, 3.8) is 0 Å². The van der Waals surface area contributed by atoms with Gasteiger partial charge in [0.15, 0.2) is 0 Å². The van der Waals surface area contributed by atoms with E-state index in [1.807, 2.05) is 23.1 Å². The normalized spacial score (nSPS) is 12.7. The highest BCUT2D eigenvalue weighted by Gasteiger charge is 2.25. The van der Waals surface area contributed by atoms with Gasteiger partial charge in [0, 0.05) is 35.7 Å². The maximum atomic E-state index is 2.40. The van der Waals surface area contributed by atoms with E-state index in [4.69, 9.17) is 0 Å². The topological polar surface area (TPSA) is 3.24 Å². The average Bonchev–Trinajstić information content (AvgIpc) is 3.25. The quantitative estimate of drug-likeness (QED) is 0.240. The lowest BCUT2D eigenvalue weighted by Gasteiger charge is -2.33. The molecule has 0 spiro atoms. The third-order valence-electron chi connectivity index (χ3n) is 6.77. The van der Waals surface area contributed by atoms with E-state index in [1.54, 1.807) is 0 Å². The molecule has 6 aromatic rings. The van der Waals surface area contributed by atoms with Crippen LogP contribution in [0.1, 0.15) is 11.1 Å². The first-order valence-electron chi connectivity index (χ1n) is 11.9. The van der Waals surface area contributed by atoms with Gasteiger partial charge in [-0.05, 0) is 90.7 Å². The molecule has 0 N–H and O–H groups in total. The van der Waals surface area contributed by atoms with Crippen molar-refractivity contribution >= 4 is 60.3 Å². The Morgan fingerprint density at radius 1 is 0.543 bits per heavy atom. The minimum Gasteiger partial charge on any atom is -0.308 e. The lowest BCUT2D eigenvalue weighted by atomic mass is 10.0. The van der Waals surface area contributed by atoms with E-state index in [2.05, 4.69) is 122 Å². The van der Waals surface area contributed by atoms with E-state index in [1.165, 1.54) is 69.3 Å². The van der Waals surface area contributed by atoms with Crippen LogP contribution in [-0.2, 0) is 0 Å². The van der Waals surface area contributed by atoms with E-state index in [-0.39, 0.29) is 0 Å². The van der Waals surface area contributed by atoms with Crippen LogP contribution in [-0.4, -0.2) is 0 Å². The number of aryl methyl sites for hydroxylation is 2. The largest absolute Gasteiger partial charge is 0.308 e. The molecule has 0 bridgehead atoms. The number of thiophene rings is 1. The van der Waals surface area contributed by atoms with Crippen molar-refractivity contribution in [1.29, 1.82) is 0 Å². The number of benzene rings is 5. The summed E-state index contributed by atoms with van der Waals surface area (Å²) in [4.78, 5) is 5.02. The van der Waals surface area contributed by atoms with Crippen LogP contribution in [0.2, 0.25) is 0 Å². The minimum absolute atomic E-state index is 1.19. The van der Waals surface area contributed by atoms with Crippen LogP contribution in [0.5, 0.6) is 0 Å². The molecule has 0 saturated heterocycles. The third kappa shape index (κ3) is 3.46. The first-order valence-corrected chi connectivity index (χ1v) is 13.5. The molecule has 0 radical (unpaired) electrons. The van der Waals surface area contributed by atoms with E-state index >= 15 is 0 Å². The molecule has 0 fully saturated rings. The fraction of sp³-hybridized carbons (Fsp3) is 0.0625. The summed E-state index contributed by atoms with van der Waals surface area (Å²) in [7, 11) is 0. The molecule has 1 aliphatic heterocycles. The molecule has 168 valence electrons. The van der Waals surface area contributed by atoms with Gasteiger partial charge in [-0.2, -0.15) is 0 Å². The van der Waals surface area contributed by atoms with Crippen molar-refractivity contribution in [3.05, 3.63) is 114 Å². The summed E-state index contributed by atoms with van der Waals surface area (Å²) in [6, 6.07) is 38.1. The highest BCUT2D eigenvalue weighted by Crippen LogP contribution is 2.52. The van der Waals surface area contributed by atoms with Gasteiger partial charge in [-0.15, -0.1) is 11.3 Å². The smallest absolute Gasteiger partial charge is 0.0601 e. The molecular weight excluding hydrogens is 462 g/mol. The highest BCUT2D eigenvalue weighted by atomic mass is 32.2. The minimum atomic E-state index is 1.19. The molecule has 3 heteroatoms. The summed E-state index contributed by atoms with van der Waals surface area (Å²) in [6.07, 6.45) is 0. The van der Waals surface area contributed by atoms with E-state index < -0.39 is 0 Å². The Morgan fingerprint density at radius 3 is 1.89 bits per heavy atom. The lowest BCUT2D eigenvalue weighted by molar-refractivity contribution is 1.15. The van der Waals surface area contributed by atoms with Crippen LogP contribution in [0, 0.1) is 13.8 Å². The number of hydrogen-bond acceptors (Lipinski definition) is 3. The van der Waals surface area contributed by atoms with Crippen molar-refractivity contribution in [2.45, 2.75) is 23.6 Å². The SMILES string of the molecule is Cc1ccc2c(c1)Sc1cc(C)ccc1N2c1ccc(-c2ccc3sc4ccccc4c3c2)cc1. The third-order valence-corrected chi connectivity index (χ3v) is 9.01. The van der Waals surface area contributed by atoms with Crippen molar-refractivity contribution in [2.24, 2.45) is 0 Å². The molecule has 7 rings (SSSR count). The second-order valence-electron chi connectivity index (χ2n) is 9.24. The molecule has 0 amide bonds. The Hall–Kier alpha value is -3.53. The van der Waals surface area contributed by atoms with Gasteiger partial charge in [-0.25, -0.2) is 0 Å². The molecule has 0 unspecified atom stereocenters. The fourth-order valence-corrected chi connectivity index (χ4v) is 7.35. The van der Waals surface area contributed by atoms with Crippen molar-refractivity contribution < 1.29 is 0 Å². The van der Waals surface area contributed by atoms with Crippen LogP contribution in [0.4, 0.5) is 17.1 Å². The molecule has 5 aromatic carbocycles. The Bertz CT molecular complexity index is 1690. The van der Waals surface area contributed by atoms with Gasteiger partial charge in [-0.3, -0.25) is 0 Å². The Morgan fingerprint density at radius 2 is 1.17 bits per heavy atom. The zero-order valence-electron chi connectivity index (χ0n) is 19.6. The standard InChI is InChI=1S/C32H23NS2/c1-20-7-14-27-31(17-20)35-32-18-21(2)8-15-28(32)33(27)24-12-9-22(10-13-24)23-11-16-30-26(19-23)25-5-3-4-6-29(25)34-30/h3-19H,1-2H3. The van der Waals surface area contributed by atoms with Crippen LogP contribution >= 0.6 is 23.1 Å². The van der Waals surface area contributed by atoms with Gasteiger partial charge in [0.2, 0.25) is 0 Å². The second kappa shape index (κ2) is 8.01. The zero-order valence-corrected chi connectivity index (χ0v) is 21.2. The predicted octanol–water partition coefficient (Wildman–Crippen LogP) is 10.3. The number of hydrogen-bond donors (Lipinski definition) is 0. The Kier molecular flexibility index (Phi) is 4.76. The number of anilines is 3. The van der Waals surface area contributed by atoms with Crippen LogP contribution in [0.3, 0.4) is 0 Å². The lowest BCUT2D eigenvalue weighted by Crippen LogP contribution is -2.15. The molecule has 0 atom stereocenters. The van der Waals surface area contributed by atoms with Gasteiger partial charge in [0.25, 0.3) is 0 Å². The van der Waals surface area contributed by atoms with Gasteiger partial charge in [0.1, 0.15) is 0 Å². The maximum absolute atomic E-state index is 2.40. The molecule has 35 heavy (non-hydrogen) atoms. The molecule has 2 heterocycles. The van der Waals surface area contributed by atoms with Gasteiger partial charge in [-0.1, -0.05) is 60.3 Å². The average molecular weight is 486 g/mol. The van der Waals surface area contributed by atoms with Gasteiger partial charge in [0.05, 0.1) is 11.4 Å². The summed E-state index contributed by atoms with van der Waals surface area (Å²) in [5.41, 5.74) is 8.76. The monoisotopic (exact) mass is 485 g/mol. The first kappa shape index (κ1) is 20.8. The molecule has 0 aliphatic carbocycles. The number of rotatable bonds is 2. The summed E-state index contributed by atoms with van der Waals surface area (Å²) in [5.74, 6) is 0. The first-order chi connectivity index (χ1) is 17.1. The van der Waals surface area contributed by atoms with Crippen LogP contribution in [0.15, 0.2) is 113 Å². The number of fused-ring (bicyclic) bond motifs is 5. The van der Waals surface area contributed by atoms with E-state index in [9.17, 15) is 0 Å². The zero-order chi connectivity index (χ0) is 23.5. The van der Waals surface area contributed by atoms with Gasteiger partial charge < -0.3 is 4.90 Å². The summed E-state index contributed by atoms with van der Waals surface area (Å²) in [6.45, 7) is 4.33. The molecular formula is C32H23NS2. The van der Waals surface area contributed by atoms with Crippen LogP contribution in [0.25, 0.3) is 31.3 Å². The maximum Gasteiger partial charge on any atom is 0.0601 e. The van der Waals surface area contributed by atoms with Crippen LogP contribution < -0.4 is 4.90 Å². The summed E-state index contributed by atoms with van der Waals surface area (Å²) < 4.78 is 2.69. The summed E-state index contributed by atoms with van der Waals surface area (Å²) in [5, 5.41) is 2.68. The fourth-order valence-electron chi connectivity index (χ4n) is 5.01. The predicted molar refractivity (Wildman–Crippen MR) is 153 cm³/mol. The molecule has 1 aliphatic rings. The second-order valence-corrected chi connectivity index (χ2v) is 11.4. The molecule has 0 saturated carbocycles. The summed E-state index contributed by atoms with van der Waals surface area (Å²) >= 11 is 3.74. The molecule has 1 nitrogen and oxygen atoms in total. The van der Waals surface area contributed by atoms with Crippen molar-refractivity contribution in [3.8, 4) is 11.1 Å². The molecule has 1 aromatic heterocycles. The van der Waals surface area contributed by atoms with E-state index in [0.29, 0.717) is 0 Å². The van der Waals surface area contributed by atoms with Crippen molar-refractivity contribution in [1.82, 2.24) is 0 Å². The number of nitrogens with zero attached hydrogens (tertiary/aromatic N) is 1. The van der Waals surface area contributed by atoms with E-state index in [0.717, 1.165) is 0 Å².